The highest BCUT2D eigenvalue weighted by molar-refractivity contribution is 6.00. The fourth-order valence-corrected chi connectivity index (χ4v) is 4.64. The van der Waals surface area contributed by atoms with Crippen molar-refractivity contribution in [2.75, 3.05) is 5.32 Å². The summed E-state index contributed by atoms with van der Waals surface area (Å²) in [7, 11) is 0. The fourth-order valence-electron chi connectivity index (χ4n) is 4.64. The molecule has 8 heteroatoms. The SMILES string of the molecule is Cc1cccc(C2C3=C(CC(C)(C)CC3=O)Nc3nc(-c4cccc([N+](=O)[O-])c4)nn32)c1. The lowest BCUT2D eigenvalue weighted by molar-refractivity contribution is -0.384. The van der Waals surface area contributed by atoms with E-state index in [4.69, 9.17) is 5.10 Å². The minimum absolute atomic E-state index is 0.0205. The molecular weight excluding hydrogens is 406 g/mol. The molecule has 0 bridgehead atoms. The Labute approximate surface area is 185 Å². The zero-order chi connectivity index (χ0) is 22.6. The van der Waals surface area contributed by atoms with Crippen molar-refractivity contribution in [2.24, 2.45) is 5.41 Å². The maximum atomic E-state index is 13.3. The number of benzene rings is 2. The molecule has 1 aliphatic heterocycles. The van der Waals surface area contributed by atoms with Gasteiger partial charge in [0.05, 0.1) is 4.92 Å². The number of nitrogens with one attached hydrogen (secondary N) is 1. The number of non-ortho nitro benzene ring substituents is 1. The van der Waals surface area contributed by atoms with Gasteiger partial charge in [-0.2, -0.15) is 4.98 Å². The fraction of sp³-hybridized carbons (Fsp3) is 0.292. The number of carbonyl (C=O) groups excluding carboxylic acids is 1. The van der Waals surface area contributed by atoms with Crippen LogP contribution in [-0.4, -0.2) is 25.5 Å². The number of aromatic nitrogens is 3. The molecule has 0 radical (unpaired) electrons. The van der Waals surface area contributed by atoms with Gasteiger partial charge in [-0.3, -0.25) is 14.9 Å². The Kier molecular flexibility index (Phi) is 4.47. The highest BCUT2D eigenvalue weighted by Gasteiger charge is 2.42. The molecular formula is C24H23N5O3. The highest BCUT2D eigenvalue weighted by Crippen LogP contribution is 2.45. The van der Waals surface area contributed by atoms with E-state index < -0.39 is 11.0 Å². The van der Waals surface area contributed by atoms with E-state index in [-0.39, 0.29) is 16.9 Å². The number of fused-ring (bicyclic) bond motifs is 1. The Balaban J connectivity index is 1.68. The van der Waals surface area contributed by atoms with Crippen molar-refractivity contribution in [3.63, 3.8) is 0 Å². The highest BCUT2D eigenvalue weighted by atomic mass is 16.6. The Morgan fingerprint density at radius 1 is 1.16 bits per heavy atom. The van der Waals surface area contributed by atoms with Crippen molar-refractivity contribution >= 4 is 17.4 Å². The summed E-state index contributed by atoms with van der Waals surface area (Å²) in [5, 5.41) is 19.3. The van der Waals surface area contributed by atoms with Crippen LogP contribution in [0.4, 0.5) is 11.6 Å². The summed E-state index contributed by atoms with van der Waals surface area (Å²) in [6.45, 7) is 6.19. The summed E-state index contributed by atoms with van der Waals surface area (Å²) >= 11 is 0. The zero-order valence-electron chi connectivity index (χ0n) is 18.1. The number of Topliss-reactive ketones (excluding diaryl/α,β-unsaturated/α-hetero) is 1. The van der Waals surface area contributed by atoms with E-state index in [0.29, 0.717) is 23.8 Å². The number of carbonyl (C=O) groups is 1. The average Bonchev–Trinajstić information content (AvgIpc) is 3.15. The first-order valence-electron chi connectivity index (χ1n) is 10.5. The number of hydrogen-bond acceptors (Lipinski definition) is 6. The number of nitro groups is 1. The largest absolute Gasteiger partial charge is 0.328 e. The maximum absolute atomic E-state index is 13.3. The van der Waals surface area contributed by atoms with Crippen LogP contribution in [0.15, 0.2) is 59.8 Å². The van der Waals surface area contributed by atoms with Crippen LogP contribution in [0.2, 0.25) is 0 Å². The van der Waals surface area contributed by atoms with Gasteiger partial charge in [0.25, 0.3) is 5.69 Å². The van der Waals surface area contributed by atoms with Gasteiger partial charge >= 0.3 is 0 Å². The van der Waals surface area contributed by atoms with E-state index in [9.17, 15) is 14.9 Å². The Morgan fingerprint density at radius 3 is 2.69 bits per heavy atom. The quantitative estimate of drug-likeness (QED) is 0.473. The van der Waals surface area contributed by atoms with Crippen molar-refractivity contribution in [3.8, 4) is 11.4 Å². The first-order valence-corrected chi connectivity index (χ1v) is 10.5. The number of anilines is 1. The lowest BCUT2D eigenvalue weighted by atomic mass is 9.73. The number of rotatable bonds is 3. The molecule has 32 heavy (non-hydrogen) atoms. The molecule has 3 aromatic rings. The molecule has 1 N–H and O–H groups in total. The van der Waals surface area contributed by atoms with Gasteiger partial charge in [0.1, 0.15) is 6.04 Å². The lowest BCUT2D eigenvalue weighted by Crippen LogP contribution is -2.36. The zero-order valence-corrected chi connectivity index (χ0v) is 18.1. The monoisotopic (exact) mass is 429 g/mol. The van der Waals surface area contributed by atoms with E-state index in [2.05, 4.69) is 30.2 Å². The topological polar surface area (TPSA) is 103 Å². The van der Waals surface area contributed by atoms with Crippen molar-refractivity contribution < 1.29 is 9.72 Å². The number of hydrogen-bond donors (Lipinski definition) is 1. The predicted molar refractivity (Wildman–Crippen MR) is 120 cm³/mol. The van der Waals surface area contributed by atoms with Crippen LogP contribution in [0.5, 0.6) is 0 Å². The average molecular weight is 429 g/mol. The van der Waals surface area contributed by atoms with Crippen LogP contribution < -0.4 is 5.32 Å². The molecule has 162 valence electrons. The summed E-state index contributed by atoms with van der Waals surface area (Å²) in [5.74, 6) is 1.01. The molecule has 0 saturated heterocycles. The molecule has 1 aliphatic carbocycles. The van der Waals surface area contributed by atoms with Crippen LogP contribution in [0.1, 0.15) is 43.9 Å². The second-order valence-electron chi connectivity index (χ2n) is 9.29. The maximum Gasteiger partial charge on any atom is 0.270 e. The molecule has 5 rings (SSSR count). The minimum atomic E-state index is -0.436. The van der Waals surface area contributed by atoms with Crippen LogP contribution in [0, 0.1) is 22.5 Å². The molecule has 8 nitrogen and oxygen atoms in total. The molecule has 1 unspecified atom stereocenters. The van der Waals surface area contributed by atoms with E-state index in [1.54, 1.807) is 16.8 Å². The molecule has 0 saturated carbocycles. The van der Waals surface area contributed by atoms with Gasteiger partial charge in [-0.15, -0.1) is 5.10 Å². The van der Waals surface area contributed by atoms with Gasteiger partial charge in [0.15, 0.2) is 11.6 Å². The third-order valence-electron chi connectivity index (χ3n) is 6.00. The van der Waals surface area contributed by atoms with E-state index in [1.807, 2.05) is 25.1 Å². The summed E-state index contributed by atoms with van der Waals surface area (Å²) in [6.07, 6.45) is 1.20. The second kappa shape index (κ2) is 7.12. The third kappa shape index (κ3) is 3.37. The number of allylic oxidation sites excluding steroid dienone is 2. The van der Waals surface area contributed by atoms with E-state index in [1.165, 1.54) is 12.1 Å². The predicted octanol–water partition coefficient (Wildman–Crippen LogP) is 4.82. The standard InChI is InChI=1S/C24H23N5O3/c1-14-6-4-7-15(10-14)21-20-18(12-24(2,3)13-19(20)30)25-23-26-22(27-28(21)23)16-8-5-9-17(11-16)29(31)32/h4-11,21H,12-13H2,1-3H3,(H,25,26,27). The summed E-state index contributed by atoms with van der Waals surface area (Å²) in [6, 6.07) is 13.9. The summed E-state index contributed by atoms with van der Waals surface area (Å²) in [4.78, 5) is 28.7. The van der Waals surface area contributed by atoms with E-state index in [0.717, 1.165) is 28.8 Å². The third-order valence-corrected chi connectivity index (χ3v) is 6.00. The number of nitro benzene ring substituents is 1. The molecule has 2 aliphatic rings. The second-order valence-corrected chi connectivity index (χ2v) is 9.29. The van der Waals surface area contributed by atoms with Crippen LogP contribution in [0.25, 0.3) is 11.4 Å². The molecule has 2 heterocycles. The van der Waals surface area contributed by atoms with Crippen molar-refractivity contribution in [1.29, 1.82) is 0 Å². The van der Waals surface area contributed by atoms with Gasteiger partial charge in [0, 0.05) is 35.4 Å². The summed E-state index contributed by atoms with van der Waals surface area (Å²) < 4.78 is 1.73. The van der Waals surface area contributed by atoms with Gasteiger partial charge < -0.3 is 5.32 Å². The normalized spacial score (nSPS) is 19.2. The van der Waals surface area contributed by atoms with Gasteiger partial charge in [-0.05, 0) is 24.3 Å². The van der Waals surface area contributed by atoms with Crippen LogP contribution in [-0.2, 0) is 4.79 Å². The number of nitrogens with zero attached hydrogens (tertiary/aromatic N) is 4. The van der Waals surface area contributed by atoms with Crippen LogP contribution in [0.3, 0.4) is 0 Å². The van der Waals surface area contributed by atoms with Gasteiger partial charge in [0.2, 0.25) is 5.95 Å². The number of aryl methyl sites for hydroxylation is 1. The molecule has 0 amide bonds. The van der Waals surface area contributed by atoms with E-state index >= 15 is 0 Å². The molecule has 1 atom stereocenters. The van der Waals surface area contributed by atoms with Crippen molar-refractivity contribution in [2.45, 2.75) is 39.7 Å². The molecule has 1 aromatic heterocycles. The smallest absolute Gasteiger partial charge is 0.270 e. The van der Waals surface area contributed by atoms with Crippen LogP contribution >= 0.6 is 0 Å². The number of ketones is 1. The van der Waals surface area contributed by atoms with Crippen molar-refractivity contribution in [1.82, 2.24) is 14.8 Å². The first kappa shape index (κ1) is 20.1. The Bertz CT molecular complexity index is 1300. The Hall–Kier alpha value is -3.81. The Morgan fingerprint density at radius 2 is 1.94 bits per heavy atom. The lowest BCUT2D eigenvalue weighted by Gasteiger charge is -2.38. The molecule has 0 spiro atoms. The van der Waals surface area contributed by atoms with Gasteiger partial charge in [-0.25, -0.2) is 4.68 Å². The van der Waals surface area contributed by atoms with Gasteiger partial charge in [-0.1, -0.05) is 55.8 Å². The van der Waals surface area contributed by atoms with Crippen molar-refractivity contribution in [3.05, 3.63) is 81.0 Å². The summed E-state index contributed by atoms with van der Waals surface area (Å²) in [5.41, 5.74) is 4.03. The first-order chi connectivity index (χ1) is 15.2. The molecule has 2 aromatic carbocycles. The minimum Gasteiger partial charge on any atom is -0.328 e. The molecule has 0 fully saturated rings.